The van der Waals surface area contributed by atoms with Crippen LogP contribution in [0.2, 0.25) is 0 Å². The second-order valence-corrected chi connectivity index (χ2v) is 6.63. The van der Waals surface area contributed by atoms with Crippen molar-refractivity contribution in [3.63, 3.8) is 0 Å². The number of likely N-dealkylation sites (tertiary alicyclic amines) is 1. The third-order valence-electron chi connectivity index (χ3n) is 4.65. The second kappa shape index (κ2) is 8.94. The van der Waals surface area contributed by atoms with Gasteiger partial charge in [0.2, 0.25) is 0 Å². The maximum Gasteiger partial charge on any atom is 0.123 e. The number of nitrogens with two attached hydrogens (primary N) is 2. The number of hydrazine groups is 1. The van der Waals surface area contributed by atoms with Crippen LogP contribution < -0.4 is 17.0 Å². The highest BCUT2D eigenvalue weighted by molar-refractivity contribution is 5.65. The summed E-state index contributed by atoms with van der Waals surface area (Å²) in [6.45, 7) is 2.64. The first-order valence-corrected chi connectivity index (χ1v) is 8.84. The first-order chi connectivity index (χ1) is 13.0. The van der Waals surface area contributed by atoms with Gasteiger partial charge < -0.3 is 15.9 Å². The molecule has 1 atom stereocenters. The van der Waals surface area contributed by atoms with Crippen molar-refractivity contribution in [2.45, 2.75) is 19.1 Å². The number of benzene rings is 2. The van der Waals surface area contributed by atoms with Gasteiger partial charge in [-0.3, -0.25) is 10.7 Å². The fourth-order valence-electron chi connectivity index (χ4n) is 3.15. The van der Waals surface area contributed by atoms with E-state index < -0.39 is 0 Å². The number of ether oxygens (including phenoxy) is 1. The normalized spacial score (nSPS) is 18.4. The van der Waals surface area contributed by atoms with Crippen LogP contribution in [0.5, 0.6) is 0 Å². The highest BCUT2D eigenvalue weighted by Gasteiger charge is 2.23. The summed E-state index contributed by atoms with van der Waals surface area (Å²) >= 11 is 0. The van der Waals surface area contributed by atoms with E-state index in [4.69, 9.17) is 16.3 Å². The summed E-state index contributed by atoms with van der Waals surface area (Å²) in [5.41, 5.74) is 11.1. The molecular formula is C20H24F2N4O. The lowest BCUT2D eigenvalue weighted by atomic mass is 10.1. The molecule has 0 amide bonds. The smallest absolute Gasteiger partial charge is 0.123 e. The third kappa shape index (κ3) is 5.26. The molecule has 2 aromatic carbocycles. The Balaban J connectivity index is 1.54. The second-order valence-electron chi connectivity index (χ2n) is 6.63. The summed E-state index contributed by atoms with van der Waals surface area (Å²) in [5, 5.41) is 0. The molecule has 0 bridgehead atoms. The van der Waals surface area contributed by atoms with Crippen LogP contribution in [0.15, 0.2) is 54.2 Å². The fraction of sp³-hybridized carbons (Fsp3) is 0.300. The molecule has 2 aromatic rings. The molecule has 27 heavy (non-hydrogen) atoms. The zero-order valence-corrected chi connectivity index (χ0v) is 15.0. The predicted octanol–water partition coefficient (Wildman–Crippen LogP) is 2.35. The number of hydrogen-bond donors (Lipinski definition) is 3. The van der Waals surface area contributed by atoms with E-state index in [1.807, 2.05) is 0 Å². The highest BCUT2D eigenvalue weighted by atomic mass is 19.1. The topological polar surface area (TPSA) is 76.5 Å². The summed E-state index contributed by atoms with van der Waals surface area (Å²) in [7, 11) is 0. The van der Waals surface area contributed by atoms with E-state index in [2.05, 4.69) is 10.3 Å². The Labute approximate surface area is 157 Å². The summed E-state index contributed by atoms with van der Waals surface area (Å²) in [6, 6.07) is 12.6. The quantitative estimate of drug-likeness (QED) is 0.512. The SMILES string of the molecule is NN/C(CO[C@H]1CCN(Cc2ccc(F)cc2)C1)=C(\N)c1cccc(F)c1. The van der Waals surface area contributed by atoms with Crippen molar-refractivity contribution in [2.24, 2.45) is 11.6 Å². The van der Waals surface area contributed by atoms with Crippen LogP contribution >= 0.6 is 0 Å². The van der Waals surface area contributed by atoms with Crippen molar-refractivity contribution in [1.29, 1.82) is 0 Å². The average molecular weight is 374 g/mol. The Morgan fingerprint density at radius 2 is 1.93 bits per heavy atom. The number of nitrogens with zero attached hydrogens (tertiary/aromatic N) is 1. The average Bonchev–Trinajstić information content (AvgIpc) is 3.11. The summed E-state index contributed by atoms with van der Waals surface area (Å²) in [4.78, 5) is 2.26. The Bertz CT molecular complexity index is 795. The van der Waals surface area contributed by atoms with Gasteiger partial charge >= 0.3 is 0 Å². The molecule has 5 nitrogen and oxygen atoms in total. The van der Waals surface area contributed by atoms with E-state index in [9.17, 15) is 8.78 Å². The van der Waals surface area contributed by atoms with E-state index in [0.29, 0.717) is 17.0 Å². The summed E-state index contributed by atoms with van der Waals surface area (Å²) < 4.78 is 32.3. The van der Waals surface area contributed by atoms with Crippen LogP contribution in [0, 0.1) is 11.6 Å². The van der Waals surface area contributed by atoms with Gasteiger partial charge in [-0.1, -0.05) is 24.3 Å². The van der Waals surface area contributed by atoms with Gasteiger partial charge in [-0.15, -0.1) is 0 Å². The minimum absolute atomic E-state index is 0.0501. The lowest BCUT2D eigenvalue weighted by molar-refractivity contribution is 0.0725. The zero-order chi connectivity index (χ0) is 19.2. The fourth-order valence-corrected chi connectivity index (χ4v) is 3.15. The number of hydrogen-bond acceptors (Lipinski definition) is 5. The van der Waals surface area contributed by atoms with Crippen molar-refractivity contribution < 1.29 is 13.5 Å². The third-order valence-corrected chi connectivity index (χ3v) is 4.65. The van der Waals surface area contributed by atoms with E-state index >= 15 is 0 Å². The molecule has 1 saturated heterocycles. The monoisotopic (exact) mass is 374 g/mol. The first-order valence-electron chi connectivity index (χ1n) is 8.84. The molecular weight excluding hydrogens is 350 g/mol. The van der Waals surface area contributed by atoms with Gasteiger partial charge in [-0.2, -0.15) is 0 Å². The number of rotatable bonds is 7. The Kier molecular flexibility index (Phi) is 6.39. The molecule has 5 N–H and O–H groups in total. The van der Waals surface area contributed by atoms with Crippen molar-refractivity contribution in [1.82, 2.24) is 10.3 Å². The molecule has 144 valence electrons. The van der Waals surface area contributed by atoms with Crippen LogP contribution in [0.3, 0.4) is 0 Å². The molecule has 0 radical (unpaired) electrons. The Morgan fingerprint density at radius 3 is 2.63 bits per heavy atom. The van der Waals surface area contributed by atoms with Crippen molar-refractivity contribution in [2.75, 3.05) is 19.7 Å². The molecule has 1 fully saturated rings. The van der Waals surface area contributed by atoms with Gasteiger partial charge in [-0.05, 0) is 36.2 Å². The maximum atomic E-state index is 13.4. The summed E-state index contributed by atoms with van der Waals surface area (Å²) in [6.07, 6.45) is 0.938. The van der Waals surface area contributed by atoms with Crippen LogP contribution in [0.4, 0.5) is 8.78 Å². The lowest BCUT2D eigenvalue weighted by Crippen LogP contribution is -2.30. The van der Waals surface area contributed by atoms with E-state index in [1.165, 1.54) is 24.3 Å². The van der Waals surface area contributed by atoms with E-state index in [-0.39, 0.29) is 24.3 Å². The van der Waals surface area contributed by atoms with Crippen molar-refractivity contribution >= 4 is 5.70 Å². The number of nitrogens with one attached hydrogen (secondary N) is 1. The highest BCUT2D eigenvalue weighted by Crippen LogP contribution is 2.18. The van der Waals surface area contributed by atoms with Gasteiger partial charge in [0.1, 0.15) is 11.6 Å². The molecule has 1 aliphatic rings. The Hall–Kier alpha value is -2.48. The minimum atomic E-state index is -0.361. The van der Waals surface area contributed by atoms with Gasteiger partial charge in [-0.25, -0.2) is 8.78 Å². The van der Waals surface area contributed by atoms with Crippen molar-refractivity contribution in [3.05, 3.63) is 77.0 Å². The largest absolute Gasteiger partial charge is 0.397 e. The molecule has 0 unspecified atom stereocenters. The summed E-state index contributed by atoms with van der Waals surface area (Å²) in [5.74, 6) is 4.98. The molecule has 0 saturated carbocycles. The predicted molar refractivity (Wildman–Crippen MR) is 101 cm³/mol. The van der Waals surface area contributed by atoms with Gasteiger partial charge in [0.25, 0.3) is 0 Å². The Morgan fingerprint density at radius 1 is 1.15 bits per heavy atom. The van der Waals surface area contributed by atoms with Gasteiger partial charge in [0, 0.05) is 25.2 Å². The van der Waals surface area contributed by atoms with Gasteiger partial charge in [0.15, 0.2) is 0 Å². The van der Waals surface area contributed by atoms with Crippen LogP contribution in [-0.2, 0) is 11.3 Å². The van der Waals surface area contributed by atoms with Crippen molar-refractivity contribution in [3.8, 4) is 0 Å². The molecule has 3 rings (SSSR count). The van der Waals surface area contributed by atoms with Crippen LogP contribution in [0.1, 0.15) is 17.5 Å². The lowest BCUT2D eigenvalue weighted by Gasteiger charge is -2.18. The molecule has 1 heterocycles. The standard InChI is InChI=1S/C20H24F2N4O/c21-16-6-4-14(5-7-16)11-26-9-8-18(12-26)27-13-19(25-24)20(23)15-2-1-3-17(22)10-15/h1-7,10,18,25H,8-9,11-13,23-24H2/b20-19-/t18-/m0/s1. The maximum absolute atomic E-state index is 13.4. The molecule has 1 aliphatic heterocycles. The van der Waals surface area contributed by atoms with Gasteiger partial charge in [0.05, 0.1) is 24.1 Å². The zero-order valence-electron chi connectivity index (χ0n) is 15.0. The van der Waals surface area contributed by atoms with Crippen LogP contribution in [0.25, 0.3) is 5.70 Å². The molecule has 0 aliphatic carbocycles. The van der Waals surface area contributed by atoms with E-state index in [0.717, 1.165) is 31.6 Å². The van der Waals surface area contributed by atoms with E-state index in [1.54, 1.807) is 24.3 Å². The number of halogens is 2. The molecule has 0 aromatic heterocycles. The first kappa shape index (κ1) is 19.3. The minimum Gasteiger partial charge on any atom is -0.397 e. The van der Waals surface area contributed by atoms with Crippen LogP contribution in [-0.4, -0.2) is 30.7 Å². The molecule has 7 heteroatoms. The molecule has 0 spiro atoms.